The van der Waals surface area contributed by atoms with E-state index in [1.54, 1.807) is 12.1 Å². The Morgan fingerprint density at radius 3 is 2.52 bits per heavy atom. The van der Waals surface area contributed by atoms with Crippen LogP contribution >= 0.6 is 0 Å². The van der Waals surface area contributed by atoms with Crippen LogP contribution in [-0.4, -0.2) is 16.1 Å². The Balaban J connectivity index is 1.66. The molecule has 1 aliphatic carbocycles. The maximum absolute atomic E-state index is 15.5. The van der Waals surface area contributed by atoms with E-state index in [0.717, 1.165) is 52.6 Å². The number of hydrogen-bond acceptors (Lipinski definition) is 1. The second kappa shape index (κ2) is 6.59. The van der Waals surface area contributed by atoms with Crippen molar-refractivity contribution in [2.45, 2.75) is 26.2 Å². The predicted molar refractivity (Wildman–Crippen MR) is 113 cm³/mol. The van der Waals surface area contributed by atoms with E-state index in [4.69, 9.17) is 0 Å². The number of rotatable bonds is 3. The molecular formula is C25H20FNO2. The Labute approximate surface area is 167 Å². The van der Waals surface area contributed by atoms with Gasteiger partial charge < -0.3 is 10.1 Å². The molecule has 1 aliphatic rings. The molecule has 0 saturated carbocycles. The third-order valence-electron chi connectivity index (χ3n) is 5.96. The third kappa shape index (κ3) is 2.75. The highest BCUT2D eigenvalue weighted by atomic mass is 19.1. The molecule has 2 N–H and O–H groups in total. The lowest BCUT2D eigenvalue weighted by Crippen LogP contribution is -2.05. The number of nitrogens with one attached hydrogen (secondary N) is 1. The average molecular weight is 385 g/mol. The Bertz CT molecular complexity index is 1270. The van der Waals surface area contributed by atoms with Gasteiger partial charge in [-0.15, -0.1) is 0 Å². The number of carboxylic acids is 1. The number of aryl methyl sites for hydroxylation is 3. The van der Waals surface area contributed by atoms with Crippen LogP contribution in [0.5, 0.6) is 0 Å². The summed E-state index contributed by atoms with van der Waals surface area (Å²) >= 11 is 0. The van der Waals surface area contributed by atoms with E-state index in [1.807, 2.05) is 42.5 Å². The van der Waals surface area contributed by atoms with Crippen molar-refractivity contribution in [1.82, 2.24) is 4.98 Å². The zero-order chi connectivity index (χ0) is 20.1. The maximum atomic E-state index is 15.5. The first-order chi connectivity index (χ1) is 14.1. The van der Waals surface area contributed by atoms with E-state index in [0.29, 0.717) is 11.1 Å². The smallest absolute Gasteiger partial charge is 0.335 e. The first-order valence-corrected chi connectivity index (χ1v) is 9.85. The van der Waals surface area contributed by atoms with Crippen LogP contribution in [0.3, 0.4) is 0 Å². The molecule has 0 radical (unpaired) electrons. The molecule has 0 fully saturated rings. The lowest BCUT2D eigenvalue weighted by Gasteiger charge is -2.17. The van der Waals surface area contributed by atoms with Crippen molar-refractivity contribution in [2.75, 3.05) is 0 Å². The summed E-state index contributed by atoms with van der Waals surface area (Å²) in [7, 11) is 0. The van der Waals surface area contributed by atoms with Gasteiger partial charge in [-0.2, -0.15) is 0 Å². The molecule has 0 saturated heterocycles. The highest BCUT2D eigenvalue weighted by molar-refractivity contribution is 5.96. The quantitative estimate of drug-likeness (QED) is 0.454. The van der Waals surface area contributed by atoms with Gasteiger partial charge in [0.05, 0.1) is 16.8 Å². The first-order valence-electron chi connectivity index (χ1n) is 9.85. The minimum Gasteiger partial charge on any atom is -0.478 e. The standard InChI is InChI=1S/C25H20FNO2/c1-2-14-3-5-15(6-4-14)18-11-12-21-20-10-7-16-13-17(25(28)29)8-9-19(16)23(20)27-24(21)22(18)26/h3-6,8-9,11-13,27H,2,7,10H2,1H3,(H,28,29). The number of halogens is 1. The van der Waals surface area contributed by atoms with E-state index in [1.165, 1.54) is 5.56 Å². The number of H-pyrrole nitrogens is 1. The molecule has 4 aromatic rings. The summed E-state index contributed by atoms with van der Waals surface area (Å²) in [5, 5.41) is 10.1. The molecule has 5 rings (SSSR count). The lowest BCUT2D eigenvalue weighted by atomic mass is 9.88. The molecule has 0 atom stereocenters. The molecule has 29 heavy (non-hydrogen) atoms. The molecule has 144 valence electrons. The van der Waals surface area contributed by atoms with Gasteiger partial charge in [0.25, 0.3) is 0 Å². The number of carbonyl (C=O) groups is 1. The summed E-state index contributed by atoms with van der Waals surface area (Å²) in [4.78, 5) is 14.6. The lowest BCUT2D eigenvalue weighted by molar-refractivity contribution is 0.0697. The fourth-order valence-corrected chi connectivity index (χ4v) is 4.35. The largest absolute Gasteiger partial charge is 0.478 e. The number of carboxylic acid groups (broad SMARTS) is 1. The number of aromatic amines is 1. The number of aromatic nitrogens is 1. The molecule has 3 nitrogen and oxygen atoms in total. The molecule has 1 heterocycles. The molecular weight excluding hydrogens is 365 g/mol. The number of hydrogen-bond donors (Lipinski definition) is 2. The molecule has 0 unspecified atom stereocenters. The van der Waals surface area contributed by atoms with E-state index < -0.39 is 5.97 Å². The topological polar surface area (TPSA) is 53.1 Å². The minimum atomic E-state index is -0.931. The fraction of sp³-hybridized carbons (Fsp3) is 0.160. The van der Waals surface area contributed by atoms with E-state index in [2.05, 4.69) is 11.9 Å². The molecule has 0 bridgehead atoms. The normalized spacial score (nSPS) is 12.6. The Kier molecular flexibility index (Phi) is 4.02. The highest BCUT2D eigenvalue weighted by Gasteiger charge is 2.24. The molecule has 3 aromatic carbocycles. The van der Waals surface area contributed by atoms with Gasteiger partial charge >= 0.3 is 5.97 Å². The molecule has 4 heteroatoms. The zero-order valence-electron chi connectivity index (χ0n) is 16.1. The van der Waals surface area contributed by atoms with Crippen molar-refractivity contribution in [1.29, 1.82) is 0 Å². The van der Waals surface area contributed by atoms with E-state index >= 15 is 4.39 Å². The van der Waals surface area contributed by atoms with Crippen LogP contribution in [0.4, 0.5) is 4.39 Å². The first kappa shape index (κ1) is 17.7. The molecule has 0 spiro atoms. The monoisotopic (exact) mass is 385 g/mol. The number of benzene rings is 3. The summed E-state index contributed by atoms with van der Waals surface area (Å²) < 4.78 is 15.5. The van der Waals surface area contributed by atoms with Gasteiger partial charge in [0.15, 0.2) is 5.82 Å². The summed E-state index contributed by atoms with van der Waals surface area (Å²) in [6.07, 6.45) is 2.46. The third-order valence-corrected chi connectivity index (χ3v) is 5.96. The van der Waals surface area contributed by atoms with E-state index in [-0.39, 0.29) is 11.4 Å². The fourth-order valence-electron chi connectivity index (χ4n) is 4.35. The highest BCUT2D eigenvalue weighted by Crippen LogP contribution is 2.40. The van der Waals surface area contributed by atoms with Crippen molar-refractivity contribution >= 4 is 16.9 Å². The Morgan fingerprint density at radius 2 is 1.79 bits per heavy atom. The van der Waals surface area contributed by atoms with E-state index in [9.17, 15) is 9.90 Å². The number of aromatic carboxylic acids is 1. The van der Waals surface area contributed by atoms with Crippen LogP contribution < -0.4 is 0 Å². The maximum Gasteiger partial charge on any atom is 0.335 e. The SMILES string of the molecule is CCc1ccc(-c2ccc3c4c([nH]c3c2F)-c2ccc(C(=O)O)cc2CC4)cc1. The van der Waals surface area contributed by atoms with Gasteiger partial charge in [-0.1, -0.05) is 49.4 Å². The van der Waals surface area contributed by atoms with Crippen molar-refractivity contribution in [3.05, 3.63) is 82.7 Å². The summed E-state index contributed by atoms with van der Waals surface area (Å²) in [6, 6.07) is 17.0. The Morgan fingerprint density at radius 1 is 1.03 bits per heavy atom. The van der Waals surface area contributed by atoms with Crippen molar-refractivity contribution < 1.29 is 14.3 Å². The second-order valence-corrected chi connectivity index (χ2v) is 7.56. The van der Waals surface area contributed by atoms with Crippen LogP contribution in [0, 0.1) is 5.82 Å². The van der Waals surface area contributed by atoms with Gasteiger partial charge in [-0.3, -0.25) is 0 Å². The van der Waals surface area contributed by atoms with Crippen LogP contribution in [-0.2, 0) is 19.3 Å². The second-order valence-electron chi connectivity index (χ2n) is 7.56. The summed E-state index contributed by atoms with van der Waals surface area (Å²) in [5.41, 5.74) is 7.41. The predicted octanol–water partition coefficient (Wildman–Crippen LogP) is 6.00. The van der Waals surface area contributed by atoms with Gasteiger partial charge in [0.1, 0.15) is 0 Å². The number of fused-ring (bicyclic) bond motifs is 5. The van der Waals surface area contributed by atoms with Gasteiger partial charge in [0, 0.05) is 16.5 Å². The van der Waals surface area contributed by atoms with Crippen LogP contribution in [0.15, 0.2) is 54.6 Å². The summed E-state index contributed by atoms with van der Waals surface area (Å²) in [6.45, 7) is 2.10. The van der Waals surface area contributed by atoms with Gasteiger partial charge in [0.2, 0.25) is 0 Å². The van der Waals surface area contributed by atoms with Gasteiger partial charge in [-0.05, 0) is 53.6 Å². The van der Waals surface area contributed by atoms with Crippen molar-refractivity contribution in [3.8, 4) is 22.4 Å². The van der Waals surface area contributed by atoms with Crippen molar-refractivity contribution in [3.63, 3.8) is 0 Å². The van der Waals surface area contributed by atoms with Crippen LogP contribution in [0.25, 0.3) is 33.3 Å². The molecule has 0 aliphatic heterocycles. The van der Waals surface area contributed by atoms with Gasteiger partial charge in [-0.25, -0.2) is 9.18 Å². The van der Waals surface area contributed by atoms with Crippen LogP contribution in [0.1, 0.15) is 34.0 Å². The van der Waals surface area contributed by atoms with Crippen molar-refractivity contribution in [2.24, 2.45) is 0 Å². The minimum absolute atomic E-state index is 0.246. The molecule has 1 aromatic heterocycles. The Hall–Kier alpha value is -3.40. The summed E-state index contributed by atoms with van der Waals surface area (Å²) in [5.74, 6) is -1.18. The molecule has 0 amide bonds. The van der Waals surface area contributed by atoms with Crippen LogP contribution in [0.2, 0.25) is 0 Å². The zero-order valence-corrected chi connectivity index (χ0v) is 16.1. The average Bonchev–Trinajstić information content (AvgIpc) is 3.14.